The van der Waals surface area contributed by atoms with Crippen molar-refractivity contribution in [3.8, 4) is 0 Å². The van der Waals surface area contributed by atoms with Crippen LogP contribution in [0.4, 0.5) is 28.9 Å². The minimum absolute atomic E-state index is 0.0211. The molecule has 0 aliphatic heterocycles. The van der Waals surface area contributed by atoms with E-state index in [1.165, 1.54) is 13.0 Å². The van der Waals surface area contributed by atoms with Gasteiger partial charge >= 0.3 is 0 Å². The first kappa shape index (κ1) is 30.1. The second-order valence-corrected chi connectivity index (χ2v) is 10.3. The lowest BCUT2D eigenvalue weighted by atomic mass is 10.1. The van der Waals surface area contributed by atoms with Crippen LogP contribution < -0.4 is 16.0 Å². The number of carbonyl (C=O) groups excluding carboxylic acids is 3. The number of hydrogen-bond donors (Lipinski definition) is 3. The number of carbonyl (C=O) groups is 3. The molecule has 1 unspecified atom stereocenters. The molecular weight excluding hydrogens is 570 g/mol. The Balaban J connectivity index is 1.48. The van der Waals surface area contributed by atoms with E-state index in [2.05, 4.69) is 10.6 Å². The molecule has 3 amide bonds. The summed E-state index contributed by atoms with van der Waals surface area (Å²) in [5.74, 6) is -8.74. The average Bonchev–Trinajstić information content (AvgIpc) is 2.99. The number of hydrogen-bond acceptors (Lipinski definition) is 4. The summed E-state index contributed by atoms with van der Waals surface area (Å²) in [4.78, 5) is 39.1. The minimum atomic E-state index is -1.72. The lowest BCUT2D eigenvalue weighted by Gasteiger charge is -2.15. The van der Waals surface area contributed by atoms with Crippen LogP contribution in [0.3, 0.4) is 0 Å². The molecule has 0 saturated carbocycles. The maximum atomic E-state index is 14.0. The van der Waals surface area contributed by atoms with Crippen LogP contribution in [0.25, 0.3) is 6.08 Å². The number of rotatable bonds is 9. The molecule has 0 radical (unpaired) electrons. The summed E-state index contributed by atoms with van der Waals surface area (Å²) in [6, 6.07) is 23.7. The van der Waals surface area contributed by atoms with E-state index in [1.807, 2.05) is 11.4 Å². The molecule has 0 spiro atoms. The molecule has 0 saturated heterocycles. The summed E-state index contributed by atoms with van der Waals surface area (Å²) < 4.78 is 54.9. The van der Waals surface area contributed by atoms with E-state index in [-0.39, 0.29) is 11.8 Å². The van der Waals surface area contributed by atoms with Crippen LogP contribution in [0, 0.1) is 23.3 Å². The molecule has 11 heteroatoms. The fraction of sp³-hybridized carbons (Fsp3) is 0.0645. The molecule has 4 aromatic rings. The van der Waals surface area contributed by atoms with E-state index in [0.717, 1.165) is 11.8 Å². The van der Waals surface area contributed by atoms with Gasteiger partial charge in [0.1, 0.15) is 11.4 Å². The van der Waals surface area contributed by atoms with Crippen LogP contribution >= 0.6 is 11.8 Å². The summed E-state index contributed by atoms with van der Waals surface area (Å²) in [7, 11) is 0. The predicted octanol–water partition coefficient (Wildman–Crippen LogP) is 6.77. The van der Waals surface area contributed by atoms with Crippen LogP contribution in [0.1, 0.15) is 22.8 Å². The molecule has 1 atom stereocenters. The van der Waals surface area contributed by atoms with Crippen molar-refractivity contribution in [1.29, 1.82) is 0 Å². The maximum Gasteiger partial charge on any atom is 0.272 e. The highest BCUT2D eigenvalue weighted by Gasteiger charge is 2.24. The van der Waals surface area contributed by atoms with Crippen molar-refractivity contribution in [2.45, 2.75) is 17.1 Å². The first-order valence-corrected chi connectivity index (χ1v) is 13.4. The Labute approximate surface area is 242 Å². The molecule has 6 nitrogen and oxygen atoms in total. The monoisotopic (exact) mass is 593 g/mol. The van der Waals surface area contributed by atoms with Crippen LogP contribution in [0.5, 0.6) is 0 Å². The third kappa shape index (κ3) is 7.64. The first-order chi connectivity index (χ1) is 20.1. The Morgan fingerprint density at radius 1 is 0.762 bits per heavy atom. The van der Waals surface area contributed by atoms with E-state index in [1.54, 1.807) is 78.9 Å². The van der Waals surface area contributed by atoms with Crippen molar-refractivity contribution in [3.63, 3.8) is 0 Å². The number of benzene rings is 4. The topological polar surface area (TPSA) is 87.3 Å². The zero-order chi connectivity index (χ0) is 30.2. The number of thioether (sulfide) groups is 1. The van der Waals surface area contributed by atoms with Gasteiger partial charge in [-0.15, -0.1) is 11.8 Å². The van der Waals surface area contributed by atoms with Gasteiger partial charge in [0, 0.05) is 22.2 Å². The largest absolute Gasteiger partial charge is 0.321 e. The Morgan fingerprint density at radius 2 is 1.38 bits per heavy atom. The molecule has 0 aromatic heterocycles. The molecule has 0 heterocycles. The number of halogens is 4. The fourth-order valence-electron chi connectivity index (χ4n) is 3.67. The molecule has 3 N–H and O–H groups in total. The number of nitrogens with one attached hydrogen (secondary N) is 3. The van der Waals surface area contributed by atoms with Gasteiger partial charge in [0.05, 0.1) is 5.25 Å². The smallest absolute Gasteiger partial charge is 0.272 e. The Morgan fingerprint density at radius 3 is 2.02 bits per heavy atom. The zero-order valence-corrected chi connectivity index (χ0v) is 22.8. The van der Waals surface area contributed by atoms with E-state index < -0.39 is 51.9 Å². The van der Waals surface area contributed by atoms with Gasteiger partial charge in [-0.1, -0.05) is 54.6 Å². The van der Waals surface area contributed by atoms with Crippen molar-refractivity contribution in [2.75, 3.05) is 10.6 Å². The molecule has 0 aliphatic carbocycles. The lowest BCUT2D eigenvalue weighted by molar-refractivity contribution is -0.115. The minimum Gasteiger partial charge on any atom is -0.321 e. The lowest BCUT2D eigenvalue weighted by Crippen LogP contribution is -2.30. The van der Waals surface area contributed by atoms with Crippen molar-refractivity contribution < 1.29 is 31.9 Å². The molecule has 4 rings (SSSR count). The van der Waals surface area contributed by atoms with Gasteiger partial charge < -0.3 is 16.0 Å². The standard InChI is InChI=1S/C31H23F4N3O3S/c1-18(29(39)38-28-26(34)23(32)17-24(33)27(28)35)42-22-14-8-13-21(16-22)36-31(41)25(15-19-9-4-2-5-10-19)37-30(40)20-11-6-3-7-12-20/h2-18H,1H3,(H,36,41)(H,37,40)(H,38,39)/b25-15-. The van der Waals surface area contributed by atoms with Crippen LogP contribution in [0.2, 0.25) is 0 Å². The van der Waals surface area contributed by atoms with Gasteiger partial charge in [0.15, 0.2) is 23.3 Å². The molecule has 0 bridgehead atoms. The van der Waals surface area contributed by atoms with E-state index in [0.29, 0.717) is 21.7 Å². The van der Waals surface area contributed by atoms with Gasteiger partial charge in [0.2, 0.25) is 5.91 Å². The Hall–Kier alpha value is -4.90. The van der Waals surface area contributed by atoms with E-state index in [4.69, 9.17) is 0 Å². The number of anilines is 2. The Kier molecular flexibility index (Phi) is 9.77. The molecule has 42 heavy (non-hydrogen) atoms. The molecule has 0 fully saturated rings. The highest BCUT2D eigenvalue weighted by molar-refractivity contribution is 8.00. The Bertz CT molecular complexity index is 1620. The summed E-state index contributed by atoms with van der Waals surface area (Å²) in [6.07, 6.45) is 1.52. The summed E-state index contributed by atoms with van der Waals surface area (Å²) in [5.41, 5.74) is 0.116. The highest BCUT2D eigenvalue weighted by Crippen LogP contribution is 2.29. The second-order valence-electron chi connectivity index (χ2n) is 8.86. The molecule has 0 aliphatic rings. The van der Waals surface area contributed by atoms with Gasteiger partial charge in [-0.2, -0.15) is 0 Å². The molecular formula is C31H23F4N3O3S. The summed E-state index contributed by atoms with van der Waals surface area (Å²) >= 11 is 0.971. The highest BCUT2D eigenvalue weighted by atomic mass is 32.2. The van der Waals surface area contributed by atoms with Crippen LogP contribution in [0.15, 0.2) is 102 Å². The van der Waals surface area contributed by atoms with Crippen molar-refractivity contribution in [3.05, 3.63) is 131 Å². The molecule has 4 aromatic carbocycles. The summed E-state index contributed by atoms with van der Waals surface area (Å²) in [5, 5.41) is 6.28. The maximum absolute atomic E-state index is 14.0. The number of amides is 3. The zero-order valence-electron chi connectivity index (χ0n) is 22.0. The molecule has 214 valence electrons. The van der Waals surface area contributed by atoms with Gasteiger partial charge in [-0.25, -0.2) is 17.6 Å². The second kappa shape index (κ2) is 13.6. The predicted molar refractivity (Wildman–Crippen MR) is 154 cm³/mol. The van der Waals surface area contributed by atoms with Gasteiger partial charge in [-0.3, -0.25) is 14.4 Å². The van der Waals surface area contributed by atoms with E-state index >= 15 is 0 Å². The fourth-order valence-corrected chi connectivity index (χ4v) is 4.60. The average molecular weight is 594 g/mol. The van der Waals surface area contributed by atoms with Gasteiger partial charge in [-0.05, 0) is 48.9 Å². The third-order valence-corrected chi connectivity index (χ3v) is 6.87. The van der Waals surface area contributed by atoms with Gasteiger partial charge in [0.25, 0.3) is 11.8 Å². The normalized spacial score (nSPS) is 11.9. The SMILES string of the molecule is CC(Sc1cccc(NC(=O)/C(=C/c2ccccc2)NC(=O)c2ccccc2)c1)C(=O)Nc1c(F)c(F)cc(F)c1F. The van der Waals surface area contributed by atoms with Crippen molar-refractivity contribution in [2.24, 2.45) is 0 Å². The van der Waals surface area contributed by atoms with Crippen LogP contribution in [-0.2, 0) is 9.59 Å². The summed E-state index contributed by atoms with van der Waals surface area (Å²) in [6.45, 7) is 1.43. The first-order valence-electron chi connectivity index (χ1n) is 12.5. The quantitative estimate of drug-likeness (QED) is 0.0865. The van der Waals surface area contributed by atoms with Crippen LogP contribution in [-0.4, -0.2) is 23.0 Å². The van der Waals surface area contributed by atoms with E-state index in [9.17, 15) is 31.9 Å². The van der Waals surface area contributed by atoms with Crippen molar-refractivity contribution >= 4 is 46.9 Å². The third-order valence-electron chi connectivity index (χ3n) is 5.77. The van der Waals surface area contributed by atoms with Crippen molar-refractivity contribution in [1.82, 2.24) is 5.32 Å².